The van der Waals surface area contributed by atoms with Gasteiger partial charge in [-0.25, -0.2) is 4.79 Å². The first kappa shape index (κ1) is 27.1. The van der Waals surface area contributed by atoms with E-state index in [0.717, 1.165) is 43.2 Å². The Morgan fingerprint density at radius 1 is 1.06 bits per heavy atom. The fourth-order valence-electron chi connectivity index (χ4n) is 4.59. The molecule has 0 radical (unpaired) electrons. The molecular weight excluding hydrogens is 452 g/mol. The van der Waals surface area contributed by atoms with Crippen LogP contribution in [0, 0.1) is 11.8 Å². The third-order valence-corrected chi connectivity index (χ3v) is 6.76. The van der Waals surface area contributed by atoms with Crippen LogP contribution in [0.1, 0.15) is 68.9 Å². The molecule has 0 spiro atoms. The van der Waals surface area contributed by atoms with E-state index in [2.05, 4.69) is 6.58 Å². The number of anilines is 2. The third-order valence-electron chi connectivity index (χ3n) is 6.76. The Morgan fingerprint density at radius 3 is 2.36 bits per heavy atom. The number of nitrogens with two attached hydrogens (primary N) is 2. The number of carbonyl (C=O) groups is 2. The Kier molecular flexibility index (Phi) is 10.2. The molecule has 0 aromatic heterocycles. The third kappa shape index (κ3) is 8.59. The van der Waals surface area contributed by atoms with Crippen molar-refractivity contribution >= 4 is 29.4 Å². The molecule has 1 atom stereocenters. The lowest BCUT2D eigenvalue weighted by Gasteiger charge is -2.27. The zero-order valence-electron chi connectivity index (χ0n) is 21.2. The van der Waals surface area contributed by atoms with Crippen molar-refractivity contribution < 1.29 is 19.1 Å². The second-order valence-electron chi connectivity index (χ2n) is 9.72. The minimum absolute atomic E-state index is 0.0267. The zero-order valence-corrected chi connectivity index (χ0v) is 21.2. The maximum Gasteiger partial charge on any atom is 0.330 e. The molecule has 2 aromatic rings. The average Bonchev–Trinajstić information content (AvgIpc) is 2.86. The van der Waals surface area contributed by atoms with Gasteiger partial charge in [-0.3, -0.25) is 4.79 Å². The lowest BCUT2D eigenvalue weighted by atomic mass is 9.80. The molecule has 0 aliphatic heterocycles. The van der Waals surface area contributed by atoms with Crippen LogP contribution >= 0.6 is 0 Å². The number of benzene rings is 2. The van der Waals surface area contributed by atoms with Crippen LogP contribution in [0.5, 0.6) is 5.75 Å². The predicted octanol–water partition coefficient (Wildman–Crippen LogP) is 6.28. The van der Waals surface area contributed by atoms with Crippen LogP contribution in [-0.2, 0) is 14.3 Å². The number of rotatable bonds is 11. The summed E-state index contributed by atoms with van der Waals surface area (Å²) in [4.78, 5) is 24.7. The van der Waals surface area contributed by atoms with Crippen LogP contribution in [0.3, 0.4) is 0 Å². The van der Waals surface area contributed by atoms with Gasteiger partial charge in [-0.15, -0.1) is 6.58 Å². The predicted molar refractivity (Wildman–Crippen MR) is 145 cm³/mol. The van der Waals surface area contributed by atoms with Crippen LogP contribution in [0.15, 0.2) is 61.2 Å². The molecule has 1 saturated carbocycles. The quantitative estimate of drug-likeness (QED) is 0.0959. The van der Waals surface area contributed by atoms with Crippen LogP contribution in [-0.4, -0.2) is 18.5 Å². The number of nitrogen functional groups attached to an aromatic ring is 2. The van der Waals surface area contributed by atoms with Gasteiger partial charge >= 0.3 is 11.9 Å². The topological polar surface area (TPSA) is 105 Å². The molecule has 0 saturated heterocycles. The normalized spacial score (nSPS) is 18.5. The van der Waals surface area contributed by atoms with Crippen molar-refractivity contribution in [2.75, 3.05) is 18.1 Å². The number of hydrogen-bond acceptors (Lipinski definition) is 6. The van der Waals surface area contributed by atoms with Crippen LogP contribution < -0.4 is 16.2 Å². The average molecular weight is 491 g/mol. The number of ether oxygens (including phenoxy) is 2. The van der Waals surface area contributed by atoms with E-state index in [1.165, 1.54) is 18.9 Å². The first-order valence-corrected chi connectivity index (χ1v) is 12.8. The highest BCUT2D eigenvalue weighted by Gasteiger charge is 2.27. The fourth-order valence-corrected chi connectivity index (χ4v) is 4.59. The van der Waals surface area contributed by atoms with Crippen molar-refractivity contribution in [3.63, 3.8) is 0 Å². The summed E-state index contributed by atoms with van der Waals surface area (Å²) < 4.78 is 11.0. The maximum absolute atomic E-state index is 12.6. The summed E-state index contributed by atoms with van der Waals surface area (Å²) in [5.41, 5.74) is 14.6. The van der Waals surface area contributed by atoms with Crippen molar-refractivity contribution in [3.05, 3.63) is 72.3 Å². The molecule has 4 N–H and O–H groups in total. The number of hydrogen-bond donors (Lipinski definition) is 2. The van der Waals surface area contributed by atoms with Crippen molar-refractivity contribution in [1.82, 2.24) is 0 Å². The molecule has 6 heteroatoms. The summed E-state index contributed by atoms with van der Waals surface area (Å²) in [6.07, 6.45) is 12.4. The zero-order chi connectivity index (χ0) is 25.9. The minimum Gasteiger partial charge on any atom is -0.462 e. The molecule has 36 heavy (non-hydrogen) atoms. The van der Waals surface area contributed by atoms with Crippen LogP contribution in [0.4, 0.5) is 11.4 Å². The first-order valence-electron chi connectivity index (χ1n) is 12.8. The van der Waals surface area contributed by atoms with E-state index >= 15 is 0 Å². The molecule has 1 aliphatic carbocycles. The lowest BCUT2D eigenvalue weighted by molar-refractivity contribution is -0.140. The van der Waals surface area contributed by atoms with Gasteiger partial charge in [0.25, 0.3) is 0 Å². The molecule has 1 unspecified atom stereocenters. The van der Waals surface area contributed by atoms with Gasteiger partial charge in [-0.05, 0) is 92.0 Å². The van der Waals surface area contributed by atoms with E-state index in [1.807, 2.05) is 25.1 Å². The minimum atomic E-state index is -0.436. The molecule has 6 nitrogen and oxygen atoms in total. The number of unbranched alkanes of at least 4 members (excludes halogenated alkanes) is 1. The van der Waals surface area contributed by atoms with E-state index in [0.29, 0.717) is 23.0 Å². The molecule has 3 rings (SSSR count). The Hall–Kier alpha value is -3.54. The van der Waals surface area contributed by atoms with Crippen molar-refractivity contribution in [1.29, 1.82) is 0 Å². The number of allylic oxidation sites excluding steroid dienone is 1. The van der Waals surface area contributed by atoms with E-state index < -0.39 is 5.97 Å². The van der Waals surface area contributed by atoms with Gasteiger partial charge in [0.05, 0.1) is 12.5 Å². The standard InChI is InChI=1S/C30H38N2O4/c1-3-4-5-6-22-7-12-24(13-8-22)30(34)36-28-14-9-23(10-15-28)11-16-29(33)35-20-21(2)25-17-26(31)19-27(32)18-25/h3,9-11,14-19,21-22,24H,1,4-8,12-13,20,31-32H2,2H3. The molecule has 2 aromatic carbocycles. The van der Waals surface area contributed by atoms with Crippen LogP contribution in [0.2, 0.25) is 0 Å². The second-order valence-corrected chi connectivity index (χ2v) is 9.72. The summed E-state index contributed by atoms with van der Waals surface area (Å²) in [5.74, 6) is 0.585. The first-order chi connectivity index (χ1) is 17.3. The Morgan fingerprint density at radius 2 is 1.72 bits per heavy atom. The summed E-state index contributed by atoms with van der Waals surface area (Å²) in [5, 5.41) is 0. The number of carbonyl (C=O) groups excluding carboxylic acids is 2. The highest BCUT2D eigenvalue weighted by atomic mass is 16.5. The molecule has 0 amide bonds. The largest absolute Gasteiger partial charge is 0.462 e. The van der Waals surface area contributed by atoms with Crippen molar-refractivity contribution in [2.45, 2.75) is 57.8 Å². The summed E-state index contributed by atoms with van der Waals surface area (Å²) >= 11 is 0. The van der Waals surface area contributed by atoms with Crippen molar-refractivity contribution in [2.24, 2.45) is 11.8 Å². The maximum atomic E-state index is 12.6. The summed E-state index contributed by atoms with van der Waals surface area (Å²) in [6, 6.07) is 12.5. The lowest BCUT2D eigenvalue weighted by Crippen LogP contribution is -2.25. The molecule has 1 fully saturated rings. The molecule has 192 valence electrons. The number of esters is 2. The Balaban J connectivity index is 1.41. The molecular formula is C30H38N2O4. The molecule has 1 aliphatic rings. The van der Waals surface area contributed by atoms with Gasteiger partial charge in [0.1, 0.15) is 5.75 Å². The van der Waals surface area contributed by atoms with Gasteiger partial charge in [0, 0.05) is 23.4 Å². The van der Waals surface area contributed by atoms with E-state index in [1.54, 1.807) is 36.4 Å². The smallest absolute Gasteiger partial charge is 0.330 e. The summed E-state index contributed by atoms with van der Waals surface area (Å²) in [6.45, 7) is 5.94. The Labute approximate surface area is 214 Å². The SMILES string of the molecule is C=CCCCC1CCC(C(=O)Oc2ccc(C=CC(=O)OCC(C)c3cc(N)cc(N)c3)cc2)CC1. The highest BCUT2D eigenvalue weighted by molar-refractivity contribution is 5.87. The van der Waals surface area contributed by atoms with Gasteiger partial charge in [-0.1, -0.05) is 31.6 Å². The van der Waals surface area contributed by atoms with Crippen molar-refractivity contribution in [3.8, 4) is 5.75 Å². The molecule has 0 heterocycles. The van der Waals surface area contributed by atoms with E-state index in [-0.39, 0.29) is 24.4 Å². The van der Waals surface area contributed by atoms with Gasteiger partial charge in [-0.2, -0.15) is 0 Å². The fraction of sp³-hybridized carbons (Fsp3) is 0.400. The van der Waals surface area contributed by atoms with Gasteiger partial charge in [0.2, 0.25) is 0 Å². The Bertz CT molecular complexity index is 1030. The van der Waals surface area contributed by atoms with E-state index in [4.69, 9.17) is 20.9 Å². The van der Waals surface area contributed by atoms with E-state index in [9.17, 15) is 9.59 Å². The molecule has 0 bridgehead atoms. The van der Waals surface area contributed by atoms with Gasteiger partial charge < -0.3 is 20.9 Å². The summed E-state index contributed by atoms with van der Waals surface area (Å²) in [7, 11) is 0. The van der Waals surface area contributed by atoms with Crippen LogP contribution in [0.25, 0.3) is 6.08 Å². The second kappa shape index (κ2) is 13.5. The van der Waals surface area contributed by atoms with Gasteiger partial charge in [0.15, 0.2) is 0 Å². The highest BCUT2D eigenvalue weighted by Crippen LogP contribution is 2.33. The monoisotopic (exact) mass is 490 g/mol.